The highest BCUT2D eigenvalue weighted by Gasteiger charge is 2.06. The highest BCUT2D eigenvalue weighted by atomic mass is 35.5. The largest absolute Gasteiger partial charge is 0.326 e. The minimum Gasteiger partial charge on any atom is -0.326 e. The number of halogens is 1. The molecule has 1 heterocycles. The predicted octanol–water partition coefficient (Wildman–Crippen LogP) is 4.92. The van der Waals surface area contributed by atoms with Crippen LogP contribution in [-0.4, -0.2) is 10.9 Å². The number of hydrogen-bond acceptors (Lipinski definition) is 3. The van der Waals surface area contributed by atoms with E-state index < -0.39 is 0 Å². The highest BCUT2D eigenvalue weighted by Crippen LogP contribution is 2.24. The lowest BCUT2D eigenvalue weighted by Crippen LogP contribution is -2.20. The molecule has 0 aliphatic heterocycles. The molecule has 4 nitrogen and oxygen atoms in total. The van der Waals surface area contributed by atoms with Crippen LogP contribution in [0.5, 0.6) is 0 Å². The fourth-order valence-corrected chi connectivity index (χ4v) is 2.84. The van der Waals surface area contributed by atoms with Crippen molar-refractivity contribution in [3.8, 4) is 11.3 Å². The molecule has 110 valence electrons. The van der Waals surface area contributed by atoms with Gasteiger partial charge in [-0.3, -0.25) is 5.41 Å². The summed E-state index contributed by atoms with van der Waals surface area (Å²) in [4.78, 5) is 4.48. The second-order valence-electron chi connectivity index (χ2n) is 4.54. The molecule has 2 aromatic carbocycles. The Kier molecular flexibility index (Phi) is 4.37. The smallest absolute Gasteiger partial charge is 0.199 e. The molecule has 3 N–H and O–H groups in total. The first-order chi connectivity index (χ1) is 10.7. The van der Waals surface area contributed by atoms with Crippen LogP contribution in [0.3, 0.4) is 0 Å². The predicted molar refractivity (Wildman–Crippen MR) is 94.0 cm³/mol. The first-order valence-corrected chi connectivity index (χ1v) is 7.85. The molecule has 1 aromatic heterocycles. The van der Waals surface area contributed by atoms with Gasteiger partial charge >= 0.3 is 0 Å². The Balaban J connectivity index is 1.66. The number of thiazole rings is 1. The number of anilines is 2. The van der Waals surface area contributed by atoms with Crippen LogP contribution < -0.4 is 10.6 Å². The number of guanidine groups is 1. The lowest BCUT2D eigenvalue weighted by atomic mass is 10.2. The first kappa shape index (κ1) is 14.6. The fourth-order valence-electron chi connectivity index (χ4n) is 1.92. The second kappa shape index (κ2) is 6.60. The van der Waals surface area contributed by atoms with E-state index in [0.29, 0.717) is 10.2 Å². The molecule has 0 saturated carbocycles. The monoisotopic (exact) mass is 328 g/mol. The lowest BCUT2D eigenvalue weighted by molar-refractivity contribution is 1.37. The summed E-state index contributed by atoms with van der Waals surface area (Å²) in [6, 6.07) is 17.2. The van der Waals surface area contributed by atoms with Crippen molar-refractivity contribution < 1.29 is 0 Å². The van der Waals surface area contributed by atoms with Crippen LogP contribution in [-0.2, 0) is 0 Å². The van der Waals surface area contributed by atoms with E-state index in [0.717, 1.165) is 16.9 Å². The van der Waals surface area contributed by atoms with E-state index in [-0.39, 0.29) is 5.96 Å². The van der Waals surface area contributed by atoms with Crippen LogP contribution in [0.4, 0.5) is 10.8 Å². The van der Waals surface area contributed by atoms with Crippen molar-refractivity contribution in [3.05, 3.63) is 65.0 Å². The Bertz CT molecular complexity index is 786. The van der Waals surface area contributed by atoms with Crippen molar-refractivity contribution in [2.24, 2.45) is 0 Å². The van der Waals surface area contributed by atoms with E-state index in [2.05, 4.69) is 15.6 Å². The zero-order chi connectivity index (χ0) is 15.4. The number of aromatic nitrogens is 1. The molecule has 0 aliphatic carbocycles. The average Bonchev–Trinajstić information content (AvgIpc) is 2.96. The zero-order valence-corrected chi connectivity index (χ0v) is 13.1. The summed E-state index contributed by atoms with van der Waals surface area (Å²) in [5.41, 5.74) is 2.70. The maximum Gasteiger partial charge on any atom is 0.199 e. The molecular formula is C16H13ClN4S. The summed E-state index contributed by atoms with van der Waals surface area (Å²) in [5, 5.41) is 17.1. The molecule has 3 aromatic rings. The minimum absolute atomic E-state index is 0.149. The van der Waals surface area contributed by atoms with Crippen LogP contribution >= 0.6 is 22.9 Å². The van der Waals surface area contributed by atoms with E-state index in [9.17, 15) is 0 Å². The lowest BCUT2D eigenvalue weighted by Gasteiger charge is -2.08. The third-order valence-electron chi connectivity index (χ3n) is 2.90. The van der Waals surface area contributed by atoms with Crippen LogP contribution in [0, 0.1) is 5.41 Å². The number of rotatable bonds is 3. The van der Waals surface area contributed by atoms with Crippen LogP contribution in [0.25, 0.3) is 11.3 Å². The minimum atomic E-state index is 0.149. The van der Waals surface area contributed by atoms with E-state index in [1.165, 1.54) is 11.3 Å². The van der Waals surface area contributed by atoms with Crippen molar-refractivity contribution >= 4 is 39.7 Å². The molecule has 0 aliphatic rings. The van der Waals surface area contributed by atoms with Gasteiger partial charge in [-0.15, -0.1) is 11.3 Å². The Morgan fingerprint density at radius 2 is 1.86 bits per heavy atom. The van der Waals surface area contributed by atoms with Gasteiger partial charge in [-0.05, 0) is 18.2 Å². The van der Waals surface area contributed by atoms with Gasteiger partial charge in [0.2, 0.25) is 0 Å². The molecule has 0 radical (unpaired) electrons. The first-order valence-electron chi connectivity index (χ1n) is 6.60. The van der Waals surface area contributed by atoms with Crippen LogP contribution in [0.1, 0.15) is 0 Å². The van der Waals surface area contributed by atoms with Crippen molar-refractivity contribution in [1.82, 2.24) is 4.98 Å². The van der Waals surface area contributed by atoms with Crippen LogP contribution in [0.15, 0.2) is 60.0 Å². The molecule has 0 fully saturated rings. The van der Waals surface area contributed by atoms with Crippen molar-refractivity contribution in [1.29, 1.82) is 5.41 Å². The van der Waals surface area contributed by atoms with E-state index >= 15 is 0 Å². The number of nitrogens with one attached hydrogen (secondary N) is 3. The van der Waals surface area contributed by atoms with Gasteiger partial charge in [0.15, 0.2) is 11.1 Å². The Morgan fingerprint density at radius 1 is 1.05 bits per heavy atom. The average molecular weight is 329 g/mol. The molecular weight excluding hydrogens is 316 g/mol. The second-order valence-corrected chi connectivity index (χ2v) is 5.83. The molecule has 0 unspecified atom stereocenters. The Hall–Kier alpha value is -2.37. The summed E-state index contributed by atoms with van der Waals surface area (Å²) < 4.78 is 0. The Labute approximate surface area is 137 Å². The van der Waals surface area contributed by atoms with E-state index in [4.69, 9.17) is 17.0 Å². The SMILES string of the molecule is N=C(Nc1cccc(Cl)c1)Nc1nc(-c2ccccc2)cs1. The normalized spacial score (nSPS) is 10.2. The maximum absolute atomic E-state index is 7.95. The summed E-state index contributed by atoms with van der Waals surface area (Å²) in [6.07, 6.45) is 0. The molecule has 0 spiro atoms. The quantitative estimate of drug-likeness (QED) is 0.472. The summed E-state index contributed by atoms with van der Waals surface area (Å²) >= 11 is 7.38. The van der Waals surface area contributed by atoms with E-state index in [1.54, 1.807) is 12.1 Å². The topological polar surface area (TPSA) is 60.8 Å². The molecule has 0 saturated heterocycles. The number of hydrogen-bond donors (Lipinski definition) is 3. The van der Waals surface area contributed by atoms with E-state index in [1.807, 2.05) is 47.8 Å². The van der Waals surface area contributed by atoms with Gasteiger partial charge < -0.3 is 10.6 Å². The molecule has 22 heavy (non-hydrogen) atoms. The van der Waals surface area contributed by atoms with Gasteiger partial charge in [0.05, 0.1) is 5.69 Å². The fraction of sp³-hybridized carbons (Fsp3) is 0. The van der Waals surface area contributed by atoms with Crippen LogP contribution in [0.2, 0.25) is 5.02 Å². The number of benzene rings is 2. The molecule has 3 rings (SSSR count). The highest BCUT2D eigenvalue weighted by molar-refractivity contribution is 7.14. The van der Waals surface area contributed by atoms with Crippen molar-refractivity contribution in [3.63, 3.8) is 0 Å². The number of nitrogens with zero attached hydrogens (tertiary/aromatic N) is 1. The van der Waals surface area contributed by atoms with Crippen molar-refractivity contribution in [2.45, 2.75) is 0 Å². The third-order valence-corrected chi connectivity index (χ3v) is 3.89. The third kappa shape index (κ3) is 3.63. The Morgan fingerprint density at radius 3 is 2.64 bits per heavy atom. The van der Waals surface area contributed by atoms with Crippen molar-refractivity contribution in [2.75, 3.05) is 10.6 Å². The van der Waals surface area contributed by atoms with Gasteiger partial charge in [0.1, 0.15) is 0 Å². The zero-order valence-electron chi connectivity index (χ0n) is 11.5. The van der Waals surface area contributed by atoms with Gasteiger partial charge in [-0.1, -0.05) is 48.0 Å². The standard InChI is InChI=1S/C16H13ClN4S/c17-12-7-4-8-13(9-12)19-15(18)21-16-20-14(10-22-16)11-5-2-1-3-6-11/h1-10H,(H3,18,19,20,21). The summed E-state index contributed by atoms with van der Waals surface area (Å²) in [7, 11) is 0. The molecule has 0 bridgehead atoms. The maximum atomic E-state index is 7.95. The molecule has 0 atom stereocenters. The van der Waals surface area contributed by atoms with Gasteiger partial charge in [-0.2, -0.15) is 0 Å². The van der Waals surface area contributed by atoms with Gasteiger partial charge in [0, 0.05) is 21.7 Å². The van der Waals surface area contributed by atoms with Gasteiger partial charge in [-0.25, -0.2) is 4.98 Å². The summed E-state index contributed by atoms with van der Waals surface area (Å²) in [5.74, 6) is 0.149. The molecule has 0 amide bonds. The summed E-state index contributed by atoms with van der Waals surface area (Å²) in [6.45, 7) is 0. The van der Waals surface area contributed by atoms with Gasteiger partial charge in [0.25, 0.3) is 0 Å². The molecule has 6 heteroatoms.